The van der Waals surface area contributed by atoms with Crippen LogP contribution < -0.4 is 10.2 Å². The Morgan fingerprint density at radius 3 is 2.58 bits per heavy atom. The van der Waals surface area contributed by atoms with Crippen LogP contribution in [0.5, 0.6) is 0 Å². The fraction of sp³-hybridized carbons (Fsp3) is 0.412. The topological polar surface area (TPSA) is 71.2 Å². The van der Waals surface area contributed by atoms with Crippen LogP contribution in [0.15, 0.2) is 30.9 Å². The van der Waals surface area contributed by atoms with Gasteiger partial charge in [-0.25, -0.2) is 19.9 Å². The minimum Gasteiger partial charge on any atom is -0.370 e. The van der Waals surface area contributed by atoms with Gasteiger partial charge in [0.15, 0.2) is 11.5 Å². The molecule has 0 atom stereocenters. The van der Waals surface area contributed by atoms with Crippen molar-refractivity contribution in [3.05, 3.63) is 30.9 Å². The quantitative estimate of drug-likeness (QED) is 0.720. The summed E-state index contributed by atoms with van der Waals surface area (Å²) in [4.78, 5) is 20.2. The molecule has 0 spiro atoms. The van der Waals surface area contributed by atoms with Gasteiger partial charge in [-0.3, -0.25) is 4.40 Å². The van der Waals surface area contributed by atoms with Gasteiger partial charge < -0.3 is 10.2 Å². The summed E-state index contributed by atoms with van der Waals surface area (Å²) in [5, 5.41) is 3.06. The largest absolute Gasteiger partial charge is 0.370 e. The summed E-state index contributed by atoms with van der Waals surface area (Å²) >= 11 is 0. The first kappa shape index (κ1) is 16.2. The molecule has 24 heavy (non-hydrogen) atoms. The second-order valence-corrected chi connectivity index (χ2v) is 5.59. The van der Waals surface area contributed by atoms with E-state index in [-0.39, 0.29) is 0 Å². The number of hydrogen-bond donors (Lipinski definition) is 1. The fourth-order valence-electron chi connectivity index (χ4n) is 2.78. The number of nitrogens with one attached hydrogen (secondary N) is 1. The molecule has 126 valence electrons. The van der Waals surface area contributed by atoms with Gasteiger partial charge in [-0.2, -0.15) is 0 Å². The second kappa shape index (κ2) is 7.25. The molecule has 7 nitrogen and oxygen atoms in total. The van der Waals surface area contributed by atoms with Crippen LogP contribution in [0.2, 0.25) is 0 Å². The molecule has 0 fully saturated rings. The lowest BCUT2D eigenvalue weighted by Crippen LogP contribution is -2.26. The van der Waals surface area contributed by atoms with Gasteiger partial charge >= 0.3 is 0 Å². The van der Waals surface area contributed by atoms with Crippen LogP contribution in [-0.2, 0) is 0 Å². The molecule has 0 radical (unpaired) electrons. The van der Waals surface area contributed by atoms with Crippen LogP contribution in [0.3, 0.4) is 0 Å². The Bertz CT molecular complexity index is 806. The van der Waals surface area contributed by atoms with Crippen LogP contribution in [0, 0.1) is 0 Å². The predicted octanol–water partition coefficient (Wildman–Crippen LogP) is 2.85. The molecule has 3 heterocycles. The summed E-state index contributed by atoms with van der Waals surface area (Å²) in [5.41, 5.74) is 2.58. The standard InChI is InChI=1S/C17H23N7/c1-4-9-23(10-5-2)17-20-7-6-13(22-17)14-12-21-16-15(18-3)19-8-11-24(14)16/h6-8,11-12H,4-5,9-10H2,1-3H3,(H,18,19). The maximum absolute atomic E-state index is 4.77. The van der Waals surface area contributed by atoms with E-state index in [9.17, 15) is 0 Å². The molecule has 0 aliphatic heterocycles. The highest BCUT2D eigenvalue weighted by molar-refractivity contribution is 5.69. The molecular weight excluding hydrogens is 302 g/mol. The molecule has 0 aliphatic carbocycles. The van der Waals surface area contributed by atoms with E-state index in [2.05, 4.69) is 39.0 Å². The van der Waals surface area contributed by atoms with Gasteiger partial charge in [-0.1, -0.05) is 13.8 Å². The Kier molecular flexibility index (Phi) is 4.88. The predicted molar refractivity (Wildman–Crippen MR) is 96.4 cm³/mol. The zero-order chi connectivity index (χ0) is 16.9. The summed E-state index contributed by atoms with van der Waals surface area (Å²) in [6.45, 7) is 6.25. The Morgan fingerprint density at radius 1 is 1.08 bits per heavy atom. The number of anilines is 2. The first-order chi connectivity index (χ1) is 11.8. The number of hydrogen-bond acceptors (Lipinski definition) is 6. The van der Waals surface area contributed by atoms with E-state index >= 15 is 0 Å². The normalized spacial score (nSPS) is 11.0. The minimum absolute atomic E-state index is 0.747. The molecule has 0 unspecified atom stereocenters. The molecule has 0 saturated heterocycles. The lowest BCUT2D eigenvalue weighted by Gasteiger charge is -2.21. The van der Waals surface area contributed by atoms with Crippen molar-refractivity contribution >= 4 is 17.4 Å². The van der Waals surface area contributed by atoms with Crippen LogP contribution in [0.4, 0.5) is 11.8 Å². The third kappa shape index (κ3) is 3.02. The molecule has 7 heteroatoms. The first-order valence-corrected chi connectivity index (χ1v) is 8.36. The average Bonchev–Trinajstić information content (AvgIpc) is 3.06. The van der Waals surface area contributed by atoms with Gasteiger partial charge in [-0.15, -0.1) is 0 Å². The maximum atomic E-state index is 4.77. The van der Waals surface area contributed by atoms with Crippen molar-refractivity contribution < 1.29 is 0 Å². The monoisotopic (exact) mass is 325 g/mol. The average molecular weight is 325 g/mol. The lowest BCUT2D eigenvalue weighted by molar-refractivity contribution is 0.721. The van der Waals surface area contributed by atoms with E-state index < -0.39 is 0 Å². The van der Waals surface area contributed by atoms with E-state index in [1.165, 1.54) is 0 Å². The third-order valence-electron chi connectivity index (χ3n) is 3.84. The Balaban J connectivity index is 2.03. The summed E-state index contributed by atoms with van der Waals surface area (Å²) < 4.78 is 1.99. The Hall–Kier alpha value is -2.70. The number of fused-ring (bicyclic) bond motifs is 1. The van der Waals surface area contributed by atoms with Crippen LogP contribution >= 0.6 is 0 Å². The number of rotatable bonds is 7. The fourth-order valence-corrected chi connectivity index (χ4v) is 2.78. The third-order valence-corrected chi connectivity index (χ3v) is 3.84. The van der Waals surface area contributed by atoms with Crippen LogP contribution in [0.25, 0.3) is 17.0 Å². The molecule has 0 saturated carbocycles. The SMILES string of the molecule is CCCN(CCC)c1nccc(-c2cnc3c(NC)nccn23)n1. The van der Waals surface area contributed by atoms with Gasteiger partial charge in [0.2, 0.25) is 5.95 Å². The molecule has 0 aromatic carbocycles. The van der Waals surface area contributed by atoms with E-state index in [4.69, 9.17) is 4.98 Å². The number of aromatic nitrogens is 5. The number of nitrogens with zero attached hydrogens (tertiary/aromatic N) is 6. The highest BCUT2D eigenvalue weighted by Crippen LogP contribution is 2.23. The Labute approximate surface area is 141 Å². The van der Waals surface area contributed by atoms with Crippen molar-refractivity contribution in [1.82, 2.24) is 24.3 Å². The summed E-state index contributed by atoms with van der Waals surface area (Å²) in [7, 11) is 1.84. The van der Waals surface area contributed by atoms with E-state index in [0.29, 0.717) is 0 Å². The summed E-state index contributed by atoms with van der Waals surface area (Å²) in [6.07, 6.45) is 9.44. The highest BCUT2D eigenvalue weighted by atomic mass is 15.2. The molecule has 0 aliphatic rings. The van der Waals surface area contributed by atoms with Crippen molar-refractivity contribution in [2.45, 2.75) is 26.7 Å². The highest BCUT2D eigenvalue weighted by Gasteiger charge is 2.13. The maximum Gasteiger partial charge on any atom is 0.225 e. The molecule has 0 bridgehead atoms. The molecule has 0 amide bonds. The van der Waals surface area contributed by atoms with E-state index in [0.717, 1.165) is 54.7 Å². The number of imidazole rings is 1. The lowest BCUT2D eigenvalue weighted by atomic mass is 10.3. The molecular formula is C17H23N7. The molecule has 3 rings (SSSR count). The van der Waals surface area contributed by atoms with Crippen LogP contribution in [0.1, 0.15) is 26.7 Å². The molecule has 3 aromatic heterocycles. The summed E-state index contributed by atoms with van der Waals surface area (Å²) in [5.74, 6) is 1.52. The van der Waals surface area contributed by atoms with Gasteiger partial charge in [0, 0.05) is 38.7 Å². The van der Waals surface area contributed by atoms with Crippen LogP contribution in [-0.4, -0.2) is 44.5 Å². The van der Waals surface area contributed by atoms with Crippen molar-refractivity contribution in [2.75, 3.05) is 30.4 Å². The zero-order valence-corrected chi connectivity index (χ0v) is 14.4. The van der Waals surface area contributed by atoms with Crippen molar-refractivity contribution in [3.8, 4) is 11.4 Å². The zero-order valence-electron chi connectivity index (χ0n) is 14.4. The Morgan fingerprint density at radius 2 is 1.88 bits per heavy atom. The second-order valence-electron chi connectivity index (χ2n) is 5.59. The molecule has 3 aromatic rings. The van der Waals surface area contributed by atoms with Gasteiger partial charge in [0.1, 0.15) is 0 Å². The van der Waals surface area contributed by atoms with Crippen molar-refractivity contribution in [1.29, 1.82) is 0 Å². The van der Waals surface area contributed by atoms with Gasteiger partial charge in [0.05, 0.1) is 17.6 Å². The van der Waals surface area contributed by atoms with Crippen molar-refractivity contribution in [3.63, 3.8) is 0 Å². The smallest absolute Gasteiger partial charge is 0.225 e. The molecule has 1 N–H and O–H groups in total. The summed E-state index contributed by atoms with van der Waals surface area (Å²) in [6, 6.07) is 1.92. The van der Waals surface area contributed by atoms with E-state index in [1.807, 2.05) is 36.1 Å². The van der Waals surface area contributed by atoms with E-state index in [1.54, 1.807) is 6.20 Å². The van der Waals surface area contributed by atoms with Crippen molar-refractivity contribution in [2.24, 2.45) is 0 Å². The van der Waals surface area contributed by atoms with Gasteiger partial charge in [0.25, 0.3) is 0 Å². The first-order valence-electron chi connectivity index (χ1n) is 8.36. The minimum atomic E-state index is 0.747. The van der Waals surface area contributed by atoms with Gasteiger partial charge in [-0.05, 0) is 18.9 Å².